The van der Waals surface area contributed by atoms with Gasteiger partial charge in [-0.05, 0) is 19.3 Å². The molecule has 0 N–H and O–H groups in total. The highest BCUT2D eigenvalue weighted by Crippen LogP contribution is 2.15. The standard InChI is InChI=1S/C9H18N/c1-5-6-8(2)9(3)7-10-4/h8-9H,5-6H2,1-4H3/q+1. The zero-order valence-electron chi connectivity index (χ0n) is 7.52. The molecule has 0 aromatic rings. The summed E-state index contributed by atoms with van der Waals surface area (Å²) < 4.78 is 0. The summed E-state index contributed by atoms with van der Waals surface area (Å²) >= 11 is 0. The maximum atomic E-state index is 3.89. The van der Waals surface area contributed by atoms with Crippen LogP contribution in [0, 0.1) is 17.9 Å². The molecule has 0 bridgehead atoms. The Kier molecular flexibility index (Phi) is 5.02. The summed E-state index contributed by atoms with van der Waals surface area (Å²) in [4.78, 5) is 3.89. The van der Waals surface area contributed by atoms with Gasteiger partial charge in [-0.25, -0.2) is 0 Å². The van der Waals surface area contributed by atoms with E-state index in [9.17, 15) is 0 Å². The molecule has 0 aromatic carbocycles. The second-order valence-corrected chi connectivity index (χ2v) is 2.91. The minimum atomic E-state index is 0.518. The van der Waals surface area contributed by atoms with E-state index in [-0.39, 0.29) is 0 Å². The van der Waals surface area contributed by atoms with Crippen molar-refractivity contribution >= 4 is 0 Å². The van der Waals surface area contributed by atoms with Gasteiger partial charge in [0, 0.05) is 0 Å². The predicted octanol–water partition coefficient (Wildman–Crippen LogP) is 3.02. The largest absolute Gasteiger partial charge is 0.275 e. The quantitative estimate of drug-likeness (QED) is 0.567. The average molecular weight is 140 g/mol. The number of hydrogen-bond donors (Lipinski definition) is 0. The van der Waals surface area contributed by atoms with Gasteiger partial charge >= 0.3 is 0 Å². The van der Waals surface area contributed by atoms with E-state index in [1.54, 1.807) is 7.05 Å². The van der Waals surface area contributed by atoms with E-state index in [0.29, 0.717) is 5.92 Å². The van der Waals surface area contributed by atoms with E-state index >= 15 is 0 Å². The summed E-state index contributed by atoms with van der Waals surface area (Å²) in [6, 6.07) is 3.06. The van der Waals surface area contributed by atoms with Gasteiger partial charge in [-0.1, -0.05) is 25.1 Å². The van der Waals surface area contributed by atoms with E-state index in [0.717, 1.165) is 5.92 Å². The minimum absolute atomic E-state index is 0.518. The molecular formula is C9H18N+. The molecule has 0 saturated carbocycles. The van der Waals surface area contributed by atoms with Gasteiger partial charge in [-0.15, -0.1) is 0 Å². The highest BCUT2D eigenvalue weighted by Gasteiger charge is 2.12. The lowest BCUT2D eigenvalue weighted by atomic mass is 9.93. The van der Waals surface area contributed by atoms with Crippen molar-refractivity contribution in [1.29, 1.82) is 0 Å². The zero-order chi connectivity index (χ0) is 7.98. The molecule has 0 aliphatic rings. The molecule has 0 rings (SSSR count). The van der Waals surface area contributed by atoms with Crippen LogP contribution in [0.15, 0.2) is 0 Å². The van der Waals surface area contributed by atoms with Crippen LogP contribution in [0.1, 0.15) is 33.6 Å². The Morgan fingerprint density at radius 1 is 1.40 bits per heavy atom. The first kappa shape index (κ1) is 9.49. The normalized spacial score (nSPS) is 15.2. The fourth-order valence-corrected chi connectivity index (χ4v) is 1.04. The van der Waals surface area contributed by atoms with Gasteiger partial charge in [0.1, 0.15) is 0 Å². The lowest BCUT2D eigenvalue weighted by molar-refractivity contribution is 0.434. The van der Waals surface area contributed by atoms with Crippen molar-refractivity contribution in [2.45, 2.75) is 33.6 Å². The highest BCUT2D eigenvalue weighted by molar-refractivity contribution is 4.91. The van der Waals surface area contributed by atoms with Crippen LogP contribution in [-0.2, 0) is 0 Å². The van der Waals surface area contributed by atoms with Gasteiger partial charge in [-0.2, -0.15) is 0 Å². The molecule has 0 aromatic heterocycles. The van der Waals surface area contributed by atoms with Gasteiger partial charge in [0.25, 0.3) is 13.1 Å². The Morgan fingerprint density at radius 3 is 2.40 bits per heavy atom. The molecule has 10 heavy (non-hydrogen) atoms. The molecule has 58 valence electrons. The molecule has 0 aliphatic carbocycles. The van der Waals surface area contributed by atoms with E-state index in [4.69, 9.17) is 0 Å². The molecule has 0 amide bonds. The van der Waals surface area contributed by atoms with Crippen LogP contribution < -0.4 is 0 Å². The van der Waals surface area contributed by atoms with E-state index in [1.165, 1.54) is 12.8 Å². The molecular weight excluding hydrogens is 122 g/mol. The summed E-state index contributed by atoms with van der Waals surface area (Å²) in [5, 5.41) is 0. The summed E-state index contributed by atoms with van der Waals surface area (Å²) in [6.07, 6.45) is 2.54. The molecule has 0 fully saturated rings. The molecule has 1 heteroatoms. The summed E-state index contributed by atoms with van der Waals surface area (Å²) in [5.74, 6) is 1.25. The van der Waals surface area contributed by atoms with Crippen molar-refractivity contribution in [2.24, 2.45) is 11.8 Å². The van der Waals surface area contributed by atoms with Crippen molar-refractivity contribution in [2.75, 3.05) is 7.05 Å². The maximum Gasteiger partial charge on any atom is 0.275 e. The number of rotatable bonds is 3. The van der Waals surface area contributed by atoms with Gasteiger partial charge < -0.3 is 0 Å². The third-order valence-corrected chi connectivity index (χ3v) is 1.93. The SMILES string of the molecule is CCCC(C)C(C)C#[N+]C. The Labute approximate surface area is 64.3 Å². The Bertz CT molecular complexity index is 129. The summed E-state index contributed by atoms with van der Waals surface area (Å²) in [7, 11) is 1.79. The van der Waals surface area contributed by atoms with Crippen LogP contribution in [0.25, 0.3) is 4.85 Å². The Hall–Kier alpha value is -0.510. The zero-order valence-corrected chi connectivity index (χ0v) is 7.52. The molecule has 0 radical (unpaired) electrons. The predicted molar refractivity (Wildman–Crippen MR) is 46.4 cm³/mol. The summed E-state index contributed by atoms with van der Waals surface area (Å²) in [6.45, 7) is 6.64. The first-order valence-electron chi connectivity index (χ1n) is 4.06. The molecule has 0 heterocycles. The van der Waals surface area contributed by atoms with Crippen LogP contribution in [-0.4, -0.2) is 7.05 Å². The molecule has 2 unspecified atom stereocenters. The van der Waals surface area contributed by atoms with E-state index in [1.807, 2.05) is 0 Å². The third-order valence-electron chi connectivity index (χ3n) is 1.93. The topological polar surface area (TPSA) is 4.36 Å². The second kappa shape index (κ2) is 5.29. The van der Waals surface area contributed by atoms with Gasteiger partial charge in [0.15, 0.2) is 0 Å². The van der Waals surface area contributed by atoms with E-state index < -0.39 is 0 Å². The Balaban J connectivity index is 3.66. The average Bonchev–Trinajstić information content (AvgIpc) is 1.89. The Morgan fingerprint density at radius 2 is 2.00 bits per heavy atom. The molecule has 0 spiro atoms. The molecule has 2 atom stereocenters. The fourth-order valence-electron chi connectivity index (χ4n) is 1.04. The van der Waals surface area contributed by atoms with E-state index in [2.05, 4.69) is 31.7 Å². The van der Waals surface area contributed by atoms with Crippen molar-refractivity contribution < 1.29 is 0 Å². The van der Waals surface area contributed by atoms with Crippen molar-refractivity contribution in [3.8, 4) is 6.07 Å². The van der Waals surface area contributed by atoms with Gasteiger partial charge in [0.2, 0.25) is 0 Å². The smallest absolute Gasteiger partial charge is 0.0867 e. The molecule has 1 nitrogen and oxygen atoms in total. The third kappa shape index (κ3) is 3.50. The van der Waals surface area contributed by atoms with Crippen molar-refractivity contribution in [3.05, 3.63) is 4.85 Å². The van der Waals surface area contributed by atoms with Crippen molar-refractivity contribution in [1.82, 2.24) is 0 Å². The first-order valence-corrected chi connectivity index (χ1v) is 4.06. The molecule has 0 aliphatic heterocycles. The second-order valence-electron chi connectivity index (χ2n) is 2.91. The van der Waals surface area contributed by atoms with Gasteiger partial charge in [0.05, 0.1) is 5.92 Å². The number of hydrogen-bond acceptors (Lipinski definition) is 0. The monoisotopic (exact) mass is 140 g/mol. The lowest BCUT2D eigenvalue weighted by Gasteiger charge is -2.08. The van der Waals surface area contributed by atoms with Crippen LogP contribution in [0.4, 0.5) is 0 Å². The van der Waals surface area contributed by atoms with Crippen molar-refractivity contribution in [3.63, 3.8) is 0 Å². The van der Waals surface area contributed by atoms with Crippen LogP contribution in [0.5, 0.6) is 0 Å². The van der Waals surface area contributed by atoms with Crippen LogP contribution in [0.2, 0.25) is 0 Å². The van der Waals surface area contributed by atoms with Crippen LogP contribution in [0.3, 0.4) is 0 Å². The lowest BCUT2D eigenvalue weighted by Crippen LogP contribution is -2.04. The highest BCUT2D eigenvalue weighted by atomic mass is 14.6. The van der Waals surface area contributed by atoms with Crippen LogP contribution >= 0.6 is 0 Å². The van der Waals surface area contributed by atoms with Gasteiger partial charge in [-0.3, -0.25) is 0 Å². The fraction of sp³-hybridized carbons (Fsp3) is 0.889. The summed E-state index contributed by atoms with van der Waals surface area (Å²) in [5.41, 5.74) is 0. The maximum absolute atomic E-state index is 3.89. The first-order chi connectivity index (χ1) is 4.72. The minimum Gasteiger partial charge on any atom is -0.0867 e. The number of nitrogens with zero attached hydrogens (tertiary/aromatic N) is 1. The molecule has 0 saturated heterocycles.